The fourth-order valence-corrected chi connectivity index (χ4v) is 3.95. The van der Waals surface area contributed by atoms with Gasteiger partial charge in [-0.1, -0.05) is 45.2 Å². The highest BCUT2D eigenvalue weighted by Crippen LogP contribution is 2.28. The first-order chi connectivity index (χ1) is 13.4. The Bertz CT molecular complexity index is 879. The second-order valence-corrected chi connectivity index (χ2v) is 8.35. The van der Waals surface area contributed by atoms with Gasteiger partial charge in [0.05, 0.1) is 0 Å². The summed E-state index contributed by atoms with van der Waals surface area (Å²) in [6, 6.07) is 12.4. The molecule has 1 unspecified atom stereocenters. The fourth-order valence-electron chi connectivity index (χ4n) is 3.22. The summed E-state index contributed by atoms with van der Waals surface area (Å²) >= 11 is 15.6. The molecule has 1 saturated heterocycles. The van der Waals surface area contributed by atoms with Crippen LogP contribution in [-0.2, 0) is 11.3 Å². The highest BCUT2D eigenvalue weighted by Gasteiger charge is 2.34. The van der Waals surface area contributed by atoms with Crippen molar-refractivity contribution in [3.63, 3.8) is 0 Å². The van der Waals surface area contributed by atoms with E-state index in [-0.39, 0.29) is 18.4 Å². The summed E-state index contributed by atoms with van der Waals surface area (Å²) in [6.07, 6.45) is 0.0989. The number of carbonyl (C=O) groups is 2. The summed E-state index contributed by atoms with van der Waals surface area (Å²) in [6.45, 7) is 1.04. The van der Waals surface area contributed by atoms with E-state index < -0.39 is 5.91 Å². The largest absolute Gasteiger partial charge is 0.324 e. The van der Waals surface area contributed by atoms with Gasteiger partial charge in [-0.15, -0.1) is 0 Å². The Hall–Kier alpha value is -1.80. The minimum Gasteiger partial charge on any atom is -0.320 e. The van der Waals surface area contributed by atoms with Gasteiger partial charge in [0.15, 0.2) is 0 Å². The van der Waals surface area contributed by atoms with Gasteiger partial charge in [0, 0.05) is 52.2 Å². The molecule has 6 nitrogen and oxygen atoms in total. The number of nitrogens with one attached hydrogen (secondary N) is 1. The molecule has 0 radical (unpaired) electrons. The molecule has 0 saturated carbocycles. The van der Waals surface area contributed by atoms with Gasteiger partial charge in [0.25, 0.3) is 0 Å². The molecule has 148 valence electrons. The molecule has 1 fully saturated rings. The number of hydrogen-bond acceptors (Lipinski definition) is 3. The van der Waals surface area contributed by atoms with Gasteiger partial charge >= 0.3 is 6.03 Å². The zero-order valence-electron chi connectivity index (χ0n) is 14.7. The monoisotopic (exact) mass is 485 g/mol. The summed E-state index contributed by atoms with van der Waals surface area (Å²) in [5, 5.41) is 9.86. The van der Waals surface area contributed by atoms with Crippen LogP contribution in [0.5, 0.6) is 0 Å². The van der Waals surface area contributed by atoms with E-state index in [1.165, 1.54) is 0 Å². The van der Waals surface area contributed by atoms with Crippen molar-refractivity contribution < 1.29 is 14.8 Å². The van der Waals surface area contributed by atoms with Crippen molar-refractivity contribution in [3.05, 3.63) is 62.5 Å². The van der Waals surface area contributed by atoms with Crippen molar-refractivity contribution in [2.45, 2.75) is 13.0 Å². The lowest BCUT2D eigenvalue weighted by atomic mass is 10.00. The van der Waals surface area contributed by atoms with Gasteiger partial charge in [-0.2, -0.15) is 0 Å². The molecule has 2 aromatic carbocycles. The highest BCUT2D eigenvalue weighted by atomic mass is 79.9. The maximum atomic E-state index is 13.1. The molecule has 28 heavy (non-hydrogen) atoms. The number of hydrogen-bond donors (Lipinski definition) is 2. The lowest BCUT2D eigenvalue weighted by molar-refractivity contribution is -0.130. The molecule has 1 aliphatic rings. The number of anilines is 1. The van der Waals surface area contributed by atoms with Crippen LogP contribution in [0.2, 0.25) is 10.0 Å². The number of hydroxylamine groups is 1. The van der Waals surface area contributed by atoms with Crippen LogP contribution < -0.4 is 10.4 Å². The van der Waals surface area contributed by atoms with E-state index in [0.717, 1.165) is 15.7 Å². The van der Waals surface area contributed by atoms with Crippen LogP contribution in [0.1, 0.15) is 12.0 Å². The van der Waals surface area contributed by atoms with Gasteiger partial charge < -0.3 is 4.90 Å². The SMILES string of the molecule is O=C(CC1CN(Cc2ccc(Cl)cc2Cl)C(=O)N(c2ccc(Br)cc2)C1)NO. The zero-order valence-corrected chi connectivity index (χ0v) is 17.8. The zero-order chi connectivity index (χ0) is 20.3. The maximum absolute atomic E-state index is 13.1. The van der Waals surface area contributed by atoms with E-state index in [2.05, 4.69) is 15.9 Å². The standard InChI is InChI=1S/C19H18BrCl2N3O3/c20-14-2-5-16(6-3-14)25-10-12(7-18(26)23-28)9-24(19(25)27)11-13-1-4-15(21)8-17(13)22/h1-6,8,12,28H,7,9-11H2,(H,23,26). The van der Waals surface area contributed by atoms with Gasteiger partial charge in [0.2, 0.25) is 5.91 Å². The molecule has 3 rings (SSSR count). The molecule has 1 aliphatic heterocycles. The number of carbonyl (C=O) groups excluding carboxylic acids is 2. The van der Waals surface area contributed by atoms with Crippen LogP contribution in [-0.4, -0.2) is 35.1 Å². The van der Waals surface area contributed by atoms with Crippen molar-refractivity contribution in [1.82, 2.24) is 10.4 Å². The molecule has 2 aromatic rings. The van der Waals surface area contributed by atoms with Gasteiger partial charge in [-0.25, -0.2) is 10.3 Å². The third-order valence-corrected chi connectivity index (χ3v) is 5.65. The van der Waals surface area contributed by atoms with E-state index >= 15 is 0 Å². The molecule has 1 heterocycles. The second-order valence-electron chi connectivity index (χ2n) is 6.59. The minimum absolute atomic E-state index is 0.0989. The summed E-state index contributed by atoms with van der Waals surface area (Å²) in [5.41, 5.74) is 3.16. The molecule has 0 aliphatic carbocycles. The van der Waals surface area contributed by atoms with Gasteiger partial charge in [-0.3, -0.25) is 14.9 Å². The summed E-state index contributed by atoms with van der Waals surface area (Å²) in [7, 11) is 0. The van der Waals surface area contributed by atoms with E-state index in [9.17, 15) is 9.59 Å². The first-order valence-corrected chi connectivity index (χ1v) is 10.1. The number of halogens is 3. The average Bonchev–Trinajstić information content (AvgIpc) is 2.67. The van der Waals surface area contributed by atoms with Crippen LogP contribution >= 0.6 is 39.1 Å². The Morgan fingerprint density at radius 3 is 2.54 bits per heavy atom. The van der Waals surface area contributed by atoms with Crippen molar-refractivity contribution in [2.75, 3.05) is 18.0 Å². The first-order valence-electron chi connectivity index (χ1n) is 8.56. The van der Waals surface area contributed by atoms with Crippen LogP contribution in [0.4, 0.5) is 10.5 Å². The molecule has 3 amide bonds. The Labute approximate surface area is 181 Å². The molecule has 0 spiro atoms. The van der Waals surface area contributed by atoms with Crippen LogP contribution in [0, 0.1) is 5.92 Å². The molecule has 0 aromatic heterocycles. The topological polar surface area (TPSA) is 72.9 Å². The van der Waals surface area contributed by atoms with Gasteiger partial charge in [0.1, 0.15) is 0 Å². The molecular weight excluding hydrogens is 469 g/mol. The second kappa shape index (κ2) is 9.13. The predicted octanol–water partition coefficient (Wildman–Crippen LogP) is 4.71. The molecule has 2 N–H and O–H groups in total. The predicted molar refractivity (Wildman–Crippen MR) is 112 cm³/mol. The number of benzene rings is 2. The molecule has 0 bridgehead atoms. The summed E-state index contributed by atoms with van der Waals surface area (Å²) in [5.74, 6) is -0.640. The van der Waals surface area contributed by atoms with E-state index in [4.69, 9.17) is 28.4 Å². The Balaban J connectivity index is 1.87. The lowest BCUT2D eigenvalue weighted by Gasteiger charge is -2.40. The molecule has 9 heteroatoms. The smallest absolute Gasteiger partial charge is 0.320 e. The molecule has 1 atom stereocenters. The van der Waals surface area contributed by atoms with E-state index in [1.807, 2.05) is 24.3 Å². The van der Waals surface area contributed by atoms with E-state index in [1.54, 1.807) is 33.5 Å². The van der Waals surface area contributed by atoms with Crippen molar-refractivity contribution in [1.29, 1.82) is 0 Å². The van der Waals surface area contributed by atoms with Crippen LogP contribution in [0.3, 0.4) is 0 Å². The minimum atomic E-state index is -0.486. The Kier molecular flexibility index (Phi) is 6.82. The number of nitrogens with zero attached hydrogens (tertiary/aromatic N) is 2. The normalized spacial score (nSPS) is 17.0. The summed E-state index contributed by atoms with van der Waals surface area (Å²) < 4.78 is 0.904. The Morgan fingerprint density at radius 1 is 1.18 bits per heavy atom. The van der Waals surface area contributed by atoms with Crippen LogP contribution in [0.15, 0.2) is 46.9 Å². The number of rotatable bonds is 5. The fraction of sp³-hybridized carbons (Fsp3) is 0.263. The van der Waals surface area contributed by atoms with Crippen molar-refractivity contribution >= 4 is 56.8 Å². The molecular formula is C19H18BrCl2N3O3. The maximum Gasteiger partial charge on any atom is 0.324 e. The third kappa shape index (κ3) is 4.97. The first kappa shape index (κ1) is 20.9. The average molecular weight is 487 g/mol. The third-order valence-electron chi connectivity index (χ3n) is 4.53. The Morgan fingerprint density at radius 2 is 1.89 bits per heavy atom. The van der Waals surface area contributed by atoms with Gasteiger partial charge in [-0.05, 0) is 42.0 Å². The lowest BCUT2D eigenvalue weighted by Crippen LogP contribution is -2.54. The van der Waals surface area contributed by atoms with Crippen molar-refractivity contribution in [2.24, 2.45) is 5.92 Å². The van der Waals surface area contributed by atoms with E-state index in [0.29, 0.717) is 29.7 Å². The van der Waals surface area contributed by atoms with Crippen molar-refractivity contribution in [3.8, 4) is 0 Å². The summed E-state index contributed by atoms with van der Waals surface area (Å²) in [4.78, 5) is 28.1. The number of urea groups is 1. The highest BCUT2D eigenvalue weighted by molar-refractivity contribution is 9.10. The quantitative estimate of drug-likeness (QED) is 0.474. The van der Waals surface area contributed by atoms with Crippen LogP contribution in [0.25, 0.3) is 0 Å². The number of amides is 3.